The third-order valence-electron chi connectivity index (χ3n) is 5.11. The van der Waals surface area contributed by atoms with Crippen molar-refractivity contribution in [2.24, 2.45) is 0 Å². The first-order chi connectivity index (χ1) is 13.6. The number of ether oxygens (including phenoxy) is 1. The van der Waals surface area contributed by atoms with E-state index in [0.29, 0.717) is 29.8 Å². The Hall–Kier alpha value is -1.42. The van der Waals surface area contributed by atoms with Gasteiger partial charge in [0.25, 0.3) is 5.22 Å². The van der Waals surface area contributed by atoms with E-state index in [9.17, 15) is 8.42 Å². The van der Waals surface area contributed by atoms with Crippen LogP contribution >= 0.6 is 11.8 Å². The summed E-state index contributed by atoms with van der Waals surface area (Å²) in [6.07, 6.45) is 6.51. The van der Waals surface area contributed by atoms with Crippen LogP contribution in [0.4, 0.5) is 0 Å². The van der Waals surface area contributed by atoms with Gasteiger partial charge in [0, 0.05) is 31.0 Å². The van der Waals surface area contributed by atoms with E-state index < -0.39 is 10.0 Å². The Kier molecular flexibility index (Phi) is 6.35. The van der Waals surface area contributed by atoms with Crippen LogP contribution in [0.1, 0.15) is 38.5 Å². The van der Waals surface area contributed by atoms with E-state index in [1.807, 2.05) is 0 Å². The van der Waals surface area contributed by atoms with Gasteiger partial charge >= 0.3 is 0 Å². The molecule has 2 aliphatic heterocycles. The number of nitrogens with zero attached hydrogens (tertiary/aromatic N) is 3. The summed E-state index contributed by atoms with van der Waals surface area (Å²) in [5.41, 5.74) is 0.617. The number of benzene rings is 1. The number of hydrogen-bond donors (Lipinski definition) is 0. The van der Waals surface area contributed by atoms with Crippen LogP contribution in [0.15, 0.2) is 38.8 Å². The Labute approximate surface area is 169 Å². The number of rotatable bonds is 6. The second-order valence-corrected chi connectivity index (χ2v) is 10.1. The van der Waals surface area contributed by atoms with Gasteiger partial charge in [-0.05, 0) is 50.3 Å². The minimum absolute atomic E-state index is 0.229. The lowest BCUT2D eigenvalue weighted by atomic mass is 10.1. The van der Waals surface area contributed by atoms with Gasteiger partial charge in [-0.3, -0.25) is 0 Å². The van der Waals surface area contributed by atoms with Gasteiger partial charge in [-0.25, -0.2) is 8.42 Å². The molecule has 3 heterocycles. The molecular weight excluding hydrogens is 398 g/mol. The summed E-state index contributed by atoms with van der Waals surface area (Å²) in [7, 11) is -3.49. The molecule has 2 saturated heterocycles. The van der Waals surface area contributed by atoms with Crippen LogP contribution in [0.5, 0.6) is 0 Å². The number of thioether (sulfide) groups is 1. The third-order valence-corrected chi connectivity index (χ3v) is 7.95. The number of piperidine rings is 1. The summed E-state index contributed by atoms with van der Waals surface area (Å²) in [5, 5.41) is 8.67. The Morgan fingerprint density at radius 1 is 1.11 bits per heavy atom. The van der Waals surface area contributed by atoms with Crippen LogP contribution in [0.2, 0.25) is 0 Å². The summed E-state index contributed by atoms with van der Waals surface area (Å²) in [4.78, 5) is 0.273. The highest BCUT2D eigenvalue weighted by atomic mass is 32.2. The highest BCUT2D eigenvalue weighted by Gasteiger charge is 2.26. The predicted molar refractivity (Wildman–Crippen MR) is 107 cm³/mol. The van der Waals surface area contributed by atoms with Crippen molar-refractivity contribution in [3.05, 3.63) is 24.3 Å². The monoisotopic (exact) mass is 423 g/mol. The van der Waals surface area contributed by atoms with Crippen LogP contribution in [0.25, 0.3) is 11.5 Å². The minimum Gasteiger partial charge on any atom is -0.411 e. The van der Waals surface area contributed by atoms with Gasteiger partial charge < -0.3 is 9.15 Å². The normalized spacial score (nSPS) is 21.6. The first-order valence-corrected chi connectivity index (χ1v) is 12.2. The Bertz CT molecular complexity index is 888. The van der Waals surface area contributed by atoms with Gasteiger partial charge in [-0.2, -0.15) is 4.31 Å². The van der Waals surface area contributed by atoms with Gasteiger partial charge in [0.1, 0.15) is 0 Å². The average molecular weight is 424 g/mol. The standard InChI is InChI=1S/C19H25N3O4S2/c23-28(24,22-10-3-1-4-11-22)17-9-6-7-15(13-17)18-20-21-19(26-18)27-14-16-8-2-5-12-25-16/h6-7,9,13,16H,1-5,8,10-12,14H2. The molecule has 0 amide bonds. The van der Waals surface area contributed by atoms with Gasteiger partial charge in [0.2, 0.25) is 15.9 Å². The minimum atomic E-state index is -3.49. The summed E-state index contributed by atoms with van der Waals surface area (Å²) in [5.74, 6) is 1.12. The fourth-order valence-electron chi connectivity index (χ4n) is 3.53. The molecule has 1 aromatic heterocycles. The highest BCUT2D eigenvalue weighted by molar-refractivity contribution is 7.99. The highest BCUT2D eigenvalue weighted by Crippen LogP contribution is 2.28. The predicted octanol–water partition coefficient (Wildman–Crippen LogP) is 3.57. The third kappa shape index (κ3) is 4.59. The molecule has 28 heavy (non-hydrogen) atoms. The zero-order valence-corrected chi connectivity index (χ0v) is 17.4. The average Bonchev–Trinajstić information content (AvgIpc) is 3.23. The zero-order chi connectivity index (χ0) is 19.4. The van der Waals surface area contributed by atoms with E-state index in [1.54, 1.807) is 28.6 Å². The summed E-state index contributed by atoms with van der Waals surface area (Å²) < 4.78 is 38.8. The van der Waals surface area contributed by atoms with Crippen molar-refractivity contribution in [1.82, 2.24) is 14.5 Å². The lowest BCUT2D eigenvalue weighted by molar-refractivity contribution is 0.0314. The lowest BCUT2D eigenvalue weighted by Gasteiger charge is -2.25. The molecule has 0 spiro atoms. The summed E-state index contributed by atoms with van der Waals surface area (Å²) >= 11 is 1.48. The molecule has 0 bridgehead atoms. The van der Waals surface area contributed by atoms with Crippen molar-refractivity contribution < 1.29 is 17.6 Å². The second kappa shape index (κ2) is 8.94. The largest absolute Gasteiger partial charge is 0.411 e. The molecule has 4 rings (SSSR count). The summed E-state index contributed by atoms with van der Waals surface area (Å²) in [6.45, 7) is 1.98. The molecule has 1 unspecified atom stereocenters. The molecule has 0 N–H and O–H groups in total. The van der Waals surface area contributed by atoms with Crippen molar-refractivity contribution in [2.75, 3.05) is 25.4 Å². The molecular formula is C19H25N3O4S2. The van der Waals surface area contributed by atoms with Crippen LogP contribution in [-0.2, 0) is 14.8 Å². The molecule has 0 radical (unpaired) electrons. The zero-order valence-electron chi connectivity index (χ0n) is 15.7. The van der Waals surface area contributed by atoms with E-state index in [-0.39, 0.29) is 11.0 Å². The smallest absolute Gasteiger partial charge is 0.276 e. The van der Waals surface area contributed by atoms with Crippen LogP contribution < -0.4 is 0 Å². The van der Waals surface area contributed by atoms with E-state index in [4.69, 9.17) is 9.15 Å². The van der Waals surface area contributed by atoms with Crippen molar-refractivity contribution in [1.29, 1.82) is 0 Å². The first-order valence-electron chi connectivity index (χ1n) is 9.81. The van der Waals surface area contributed by atoms with Crippen molar-refractivity contribution in [3.63, 3.8) is 0 Å². The van der Waals surface area contributed by atoms with E-state index in [1.165, 1.54) is 18.2 Å². The van der Waals surface area contributed by atoms with E-state index >= 15 is 0 Å². The molecule has 2 fully saturated rings. The molecule has 2 aliphatic rings. The molecule has 0 aliphatic carbocycles. The lowest BCUT2D eigenvalue weighted by Crippen LogP contribution is -2.35. The van der Waals surface area contributed by atoms with E-state index in [0.717, 1.165) is 44.5 Å². The van der Waals surface area contributed by atoms with Crippen molar-refractivity contribution in [2.45, 2.75) is 54.7 Å². The van der Waals surface area contributed by atoms with Crippen LogP contribution in [0, 0.1) is 0 Å². The van der Waals surface area contributed by atoms with Gasteiger partial charge in [-0.15, -0.1) is 10.2 Å². The van der Waals surface area contributed by atoms with E-state index in [2.05, 4.69) is 10.2 Å². The maximum Gasteiger partial charge on any atom is 0.276 e. The molecule has 2 aromatic rings. The maximum absolute atomic E-state index is 12.9. The molecule has 1 atom stereocenters. The summed E-state index contributed by atoms with van der Waals surface area (Å²) in [6, 6.07) is 6.76. The quantitative estimate of drug-likeness (QED) is 0.657. The molecule has 7 nitrogen and oxygen atoms in total. The molecule has 1 aromatic carbocycles. The SMILES string of the molecule is O=S(=O)(c1cccc(-c2nnc(SCC3CCCCO3)o2)c1)N1CCCCC1. The Morgan fingerprint density at radius 3 is 2.75 bits per heavy atom. The van der Waals surface area contributed by atoms with Crippen LogP contribution in [-0.4, -0.2) is 54.5 Å². The number of aromatic nitrogens is 2. The van der Waals surface area contributed by atoms with Gasteiger partial charge in [0.15, 0.2) is 0 Å². The van der Waals surface area contributed by atoms with Gasteiger partial charge in [-0.1, -0.05) is 24.2 Å². The van der Waals surface area contributed by atoms with Crippen molar-refractivity contribution in [3.8, 4) is 11.5 Å². The topological polar surface area (TPSA) is 85.5 Å². The van der Waals surface area contributed by atoms with Crippen molar-refractivity contribution >= 4 is 21.8 Å². The second-order valence-electron chi connectivity index (χ2n) is 7.17. The molecule has 152 valence electrons. The fourth-order valence-corrected chi connectivity index (χ4v) is 5.92. The molecule has 9 heteroatoms. The Morgan fingerprint density at radius 2 is 1.96 bits per heavy atom. The number of hydrogen-bond acceptors (Lipinski definition) is 7. The molecule has 0 saturated carbocycles. The number of sulfonamides is 1. The first kappa shape index (κ1) is 19.9. The Balaban J connectivity index is 1.46. The maximum atomic E-state index is 12.9. The fraction of sp³-hybridized carbons (Fsp3) is 0.579. The van der Waals surface area contributed by atoms with Gasteiger partial charge in [0.05, 0.1) is 11.0 Å². The van der Waals surface area contributed by atoms with Crippen LogP contribution in [0.3, 0.4) is 0 Å².